The molecule has 1 atom stereocenters. The summed E-state index contributed by atoms with van der Waals surface area (Å²) < 4.78 is 13.3. The number of carbonyl (C=O) groups excluding carboxylic acids is 1. The van der Waals surface area contributed by atoms with Gasteiger partial charge in [-0.25, -0.2) is 4.39 Å². The minimum atomic E-state index is -0.883. The number of halogens is 3. The average molecular weight is 322 g/mol. The van der Waals surface area contributed by atoms with Crippen molar-refractivity contribution in [3.8, 4) is 0 Å². The first kappa shape index (κ1) is 16.7. The van der Waals surface area contributed by atoms with Crippen LogP contribution in [0.2, 0.25) is 10.0 Å². The normalized spacial score (nSPS) is 12.0. The number of amides is 1. The number of benzene rings is 1. The summed E-state index contributed by atoms with van der Waals surface area (Å²) in [5, 5.41) is 11.0. The SMILES string of the molecule is CC(CCC(=O)O)CNC(=O)c1cc(F)c(Cl)cc1Cl. The molecule has 0 fully saturated rings. The van der Waals surface area contributed by atoms with E-state index < -0.39 is 17.7 Å². The number of hydrogen-bond acceptors (Lipinski definition) is 2. The Hall–Kier alpha value is -1.33. The average Bonchev–Trinajstić information content (AvgIpc) is 2.37. The van der Waals surface area contributed by atoms with Gasteiger partial charge in [0.05, 0.1) is 15.6 Å². The smallest absolute Gasteiger partial charge is 0.303 e. The predicted molar refractivity (Wildman–Crippen MR) is 74.8 cm³/mol. The third-order valence-corrected chi connectivity index (χ3v) is 3.32. The van der Waals surface area contributed by atoms with Crippen LogP contribution in [0.1, 0.15) is 30.1 Å². The highest BCUT2D eigenvalue weighted by Gasteiger charge is 2.15. The first-order valence-electron chi connectivity index (χ1n) is 5.95. The van der Waals surface area contributed by atoms with E-state index in [-0.39, 0.29) is 34.5 Å². The minimum Gasteiger partial charge on any atom is -0.481 e. The number of aliphatic carboxylic acids is 1. The zero-order valence-corrected chi connectivity index (χ0v) is 12.3. The molecule has 1 aromatic rings. The first-order valence-corrected chi connectivity index (χ1v) is 6.71. The lowest BCUT2D eigenvalue weighted by Crippen LogP contribution is -2.28. The maximum absolute atomic E-state index is 13.3. The van der Waals surface area contributed by atoms with Crippen LogP contribution in [0.5, 0.6) is 0 Å². The lowest BCUT2D eigenvalue weighted by atomic mass is 10.1. The van der Waals surface area contributed by atoms with Crippen molar-refractivity contribution < 1.29 is 19.1 Å². The molecule has 20 heavy (non-hydrogen) atoms. The predicted octanol–water partition coefficient (Wildman–Crippen LogP) is 3.36. The van der Waals surface area contributed by atoms with Crippen molar-refractivity contribution in [3.63, 3.8) is 0 Å². The molecule has 2 N–H and O–H groups in total. The van der Waals surface area contributed by atoms with E-state index in [9.17, 15) is 14.0 Å². The highest BCUT2D eigenvalue weighted by molar-refractivity contribution is 6.36. The molecule has 0 aliphatic heterocycles. The van der Waals surface area contributed by atoms with Gasteiger partial charge in [0.15, 0.2) is 0 Å². The Morgan fingerprint density at radius 2 is 2.00 bits per heavy atom. The number of carbonyl (C=O) groups is 2. The van der Waals surface area contributed by atoms with E-state index in [1.54, 1.807) is 0 Å². The van der Waals surface area contributed by atoms with Gasteiger partial charge in [-0.05, 0) is 24.5 Å². The van der Waals surface area contributed by atoms with Crippen molar-refractivity contribution in [1.29, 1.82) is 0 Å². The summed E-state index contributed by atoms with van der Waals surface area (Å²) in [6, 6.07) is 2.14. The van der Waals surface area contributed by atoms with Gasteiger partial charge in [-0.3, -0.25) is 9.59 Å². The van der Waals surface area contributed by atoms with Gasteiger partial charge < -0.3 is 10.4 Å². The second-order valence-electron chi connectivity index (χ2n) is 4.49. The molecule has 0 aliphatic carbocycles. The van der Waals surface area contributed by atoms with Crippen molar-refractivity contribution in [2.24, 2.45) is 5.92 Å². The highest BCUT2D eigenvalue weighted by atomic mass is 35.5. The Kier molecular flexibility index (Phi) is 6.23. The van der Waals surface area contributed by atoms with Crippen LogP contribution in [0, 0.1) is 11.7 Å². The van der Waals surface area contributed by atoms with Crippen LogP contribution in [0.4, 0.5) is 4.39 Å². The highest BCUT2D eigenvalue weighted by Crippen LogP contribution is 2.24. The van der Waals surface area contributed by atoms with Crippen molar-refractivity contribution in [1.82, 2.24) is 5.32 Å². The molecule has 0 bridgehead atoms. The molecular formula is C13H14Cl2FNO3. The first-order chi connectivity index (χ1) is 9.31. The molecule has 1 amide bonds. The standard InChI is InChI=1S/C13H14Cl2FNO3/c1-7(2-3-12(18)19)6-17-13(20)8-4-11(16)10(15)5-9(8)14/h4-5,7H,2-3,6H2,1H3,(H,17,20)(H,18,19). The van der Waals surface area contributed by atoms with Crippen LogP contribution in [-0.4, -0.2) is 23.5 Å². The molecule has 0 aliphatic rings. The van der Waals surface area contributed by atoms with Crippen molar-refractivity contribution in [2.45, 2.75) is 19.8 Å². The van der Waals surface area contributed by atoms with E-state index in [0.29, 0.717) is 6.42 Å². The van der Waals surface area contributed by atoms with Gasteiger partial charge in [-0.15, -0.1) is 0 Å². The number of carboxylic acid groups (broad SMARTS) is 1. The van der Waals surface area contributed by atoms with Crippen molar-refractivity contribution in [2.75, 3.05) is 6.54 Å². The topological polar surface area (TPSA) is 66.4 Å². The van der Waals surface area contributed by atoms with Crippen LogP contribution in [0.15, 0.2) is 12.1 Å². The second kappa shape index (κ2) is 7.45. The van der Waals surface area contributed by atoms with Gasteiger partial charge >= 0.3 is 5.97 Å². The van der Waals surface area contributed by atoms with E-state index in [0.717, 1.165) is 6.07 Å². The third-order valence-electron chi connectivity index (χ3n) is 2.72. The summed E-state index contributed by atoms with van der Waals surface area (Å²) in [5.74, 6) is -2.13. The Morgan fingerprint density at radius 1 is 1.35 bits per heavy atom. The molecule has 0 aromatic heterocycles. The summed E-state index contributed by atoms with van der Waals surface area (Å²) in [4.78, 5) is 22.3. The third kappa shape index (κ3) is 4.98. The Balaban J connectivity index is 2.59. The maximum atomic E-state index is 13.3. The molecule has 110 valence electrons. The van der Waals surface area contributed by atoms with Crippen LogP contribution >= 0.6 is 23.2 Å². The van der Waals surface area contributed by atoms with Gasteiger partial charge in [0.2, 0.25) is 0 Å². The lowest BCUT2D eigenvalue weighted by Gasteiger charge is -2.12. The van der Waals surface area contributed by atoms with E-state index in [4.69, 9.17) is 28.3 Å². The monoisotopic (exact) mass is 321 g/mol. The van der Waals surface area contributed by atoms with Crippen LogP contribution in [0.3, 0.4) is 0 Å². The van der Waals surface area contributed by atoms with Crippen LogP contribution in [-0.2, 0) is 4.79 Å². The van der Waals surface area contributed by atoms with Gasteiger partial charge in [-0.2, -0.15) is 0 Å². The molecule has 1 aromatic carbocycles. The summed E-state index contributed by atoms with van der Waals surface area (Å²) in [6.45, 7) is 2.10. The zero-order chi connectivity index (χ0) is 15.3. The minimum absolute atomic E-state index is 0.000925. The van der Waals surface area contributed by atoms with Gasteiger partial charge in [0.25, 0.3) is 5.91 Å². The number of nitrogens with one attached hydrogen (secondary N) is 1. The second-order valence-corrected chi connectivity index (χ2v) is 5.31. The fraction of sp³-hybridized carbons (Fsp3) is 0.385. The largest absolute Gasteiger partial charge is 0.481 e. The Labute approximate surface area is 125 Å². The van der Waals surface area contributed by atoms with Gasteiger partial charge in [-0.1, -0.05) is 30.1 Å². The van der Waals surface area contributed by atoms with E-state index in [1.165, 1.54) is 6.07 Å². The fourth-order valence-electron chi connectivity index (χ4n) is 1.53. The van der Waals surface area contributed by atoms with E-state index in [2.05, 4.69) is 5.32 Å². The fourth-order valence-corrected chi connectivity index (χ4v) is 2.00. The molecule has 4 nitrogen and oxygen atoms in total. The maximum Gasteiger partial charge on any atom is 0.303 e. The molecule has 1 rings (SSSR count). The summed E-state index contributed by atoms with van der Waals surface area (Å²) >= 11 is 11.4. The van der Waals surface area contributed by atoms with Gasteiger partial charge in [0.1, 0.15) is 5.82 Å². The molecule has 0 spiro atoms. The Bertz CT molecular complexity index is 523. The summed E-state index contributed by atoms with van der Waals surface area (Å²) in [7, 11) is 0. The molecule has 1 unspecified atom stereocenters. The number of carboxylic acids is 1. The lowest BCUT2D eigenvalue weighted by molar-refractivity contribution is -0.137. The quantitative estimate of drug-likeness (QED) is 0.789. The molecule has 7 heteroatoms. The van der Waals surface area contributed by atoms with Crippen molar-refractivity contribution in [3.05, 3.63) is 33.6 Å². The van der Waals surface area contributed by atoms with E-state index >= 15 is 0 Å². The van der Waals surface area contributed by atoms with Crippen molar-refractivity contribution >= 4 is 35.1 Å². The summed E-state index contributed by atoms with van der Waals surface area (Å²) in [5.41, 5.74) is -0.000925. The van der Waals surface area contributed by atoms with E-state index in [1.807, 2.05) is 6.92 Å². The molecule has 0 saturated carbocycles. The molecule has 0 saturated heterocycles. The van der Waals surface area contributed by atoms with Crippen LogP contribution < -0.4 is 5.32 Å². The summed E-state index contributed by atoms with van der Waals surface area (Å²) in [6.07, 6.45) is 0.478. The molecule has 0 heterocycles. The van der Waals surface area contributed by atoms with Gasteiger partial charge in [0, 0.05) is 13.0 Å². The molecule has 0 radical (unpaired) electrons. The Morgan fingerprint density at radius 3 is 2.60 bits per heavy atom. The zero-order valence-electron chi connectivity index (χ0n) is 10.8. The van der Waals surface area contributed by atoms with Crippen LogP contribution in [0.25, 0.3) is 0 Å². The number of rotatable bonds is 6. The molecular weight excluding hydrogens is 308 g/mol. The number of hydrogen-bond donors (Lipinski definition) is 2.